The number of nitrogens with one attached hydrogen (secondary N) is 1. The fourth-order valence-electron chi connectivity index (χ4n) is 3.50. The summed E-state index contributed by atoms with van der Waals surface area (Å²) in [6.45, 7) is 16.4. The summed E-state index contributed by atoms with van der Waals surface area (Å²) in [4.78, 5) is 7.80. The predicted octanol–water partition coefficient (Wildman–Crippen LogP) is 0.693. The minimum Gasteiger partial charge on any atom is -0.310 e. The molecule has 2 aliphatic heterocycles. The molecule has 0 bridgehead atoms. The van der Waals surface area contributed by atoms with E-state index in [4.69, 9.17) is 0 Å². The fraction of sp³-hybridized carbons (Fsp3) is 1.00. The first-order valence-corrected chi connectivity index (χ1v) is 7.90. The summed E-state index contributed by atoms with van der Waals surface area (Å²) in [5.41, 5.74) is 0. The molecule has 2 unspecified atom stereocenters. The molecule has 2 aliphatic rings. The van der Waals surface area contributed by atoms with Crippen molar-refractivity contribution in [3.63, 3.8) is 0 Å². The lowest BCUT2D eigenvalue weighted by Gasteiger charge is -2.49. The third-order valence-corrected chi connectivity index (χ3v) is 4.76. The van der Waals surface area contributed by atoms with Gasteiger partial charge >= 0.3 is 0 Å². The summed E-state index contributed by atoms with van der Waals surface area (Å²) in [6.07, 6.45) is 0. The molecule has 0 aliphatic carbocycles. The second-order valence-corrected chi connectivity index (χ2v) is 6.81. The van der Waals surface area contributed by atoms with E-state index in [0.29, 0.717) is 24.2 Å². The van der Waals surface area contributed by atoms with Crippen LogP contribution in [0.3, 0.4) is 0 Å². The van der Waals surface area contributed by atoms with Gasteiger partial charge in [0, 0.05) is 63.4 Å². The van der Waals surface area contributed by atoms with Crippen LogP contribution in [-0.4, -0.2) is 85.2 Å². The average Bonchev–Trinajstić information content (AvgIpc) is 2.38. The Morgan fingerprint density at radius 2 is 1.68 bits per heavy atom. The molecule has 112 valence electrons. The van der Waals surface area contributed by atoms with Crippen LogP contribution in [0.1, 0.15) is 27.7 Å². The highest BCUT2D eigenvalue weighted by atomic mass is 15.3. The van der Waals surface area contributed by atoms with Gasteiger partial charge in [0.05, 0.1) is 0 Å². The molecule has 2 fully saturated rings. The second kappa shape index (κ2) is 6.53. The van der Waals surface area contributed by atoms with Crippen LogP contribution in [0.4, 0.5) is 0 Å². The SMILES string of the molecule is CC(C)N1CCNC(C2CN(C)CCN2C(C)C)C1. The lowest BCUT2D eigenvalue weighted by molar-refractivity contribution is 0.0203. The van der Waals surface area contributed by atoms with Crippen molar-refractivity contribution in [3.05, 3.63) is 0 Å². The normalized spacial score (nSPS) is 32.4. The van der Waals surface area contributed by atoms with E-state index in [1.54, 1.807) is 0 Å². The van der Waals surface area contributed by atoms with E-state index < -0.39 is 0 Å². The number of rotatable bonds is 3. The van der Waals surface area contributed by atoms with Crippen LogP contribution in [0.15, 0.2) is 0 Å². The number of piperazine rings is 2. The quantitative estimate of drug-likeness (QED) is 0.813. The maximum atomic E-state index is 3.77. The third kappa shape index (κ3) is 3.69. The van der Waals surface area contributed by atoms with Crippen molar-refractivity contribution >= 4 is 0 Å². The third-order valence-electron chi connectivity index (χ3n) is 4.76. The summed E-state index contributed by atoms with van der Waals surface area (Å²) < 4.78 is 0. The lowest BCUT2D eigenvalue weighted by Crippen LogP contribution is -2.66. The van der Waals surface area contributed by atoms with Crippen LogP contribution in [0.25, 0.3) is 0 Å². The Bertz CT molecular complexity index is 279. The smallest absolute Gasteiger partial charge is 0.0392 e. The van der Waals surface area contributed by atoms with Crippen molar-refractivity contribution < 1.29 is 0 Å². The second-order valence-electron chi connectivity index (χ2n) is 6.81. The molecule has 2 heterocycles. The molecule has 0 spiro atoms. The number of likely N-dealkylation sites (N-methyl/N-ethyl adjacent to an activating group) is 1. The first-order valence-electron chi connectivity index (χ1n) is 7.90. The van der Waals surface area contributed by atoms with Crippen LogP contribution in [0.5, 0.6) is 0 Å². The zero-order chi connectivity index (χ0) is 14.0. The van der Waals surface area contributed by atoms with Gasteiger partial charge in [0.1, 0.15) is 0 Å². The topological polar surface area (TPSA) is 21.8 Å². The molecule has 0 aromatic carbocycles. The van der Waals surface area contributed by atoms with Crippen LogP contribution < -0.4 is 5.32 Å². The van der Waals surface area contributed by atoms with Crippen molar-refractivity contribution in [2.24, 2.45) is 0 Å². The minimum absolute atomic E-state index is 0.612. The molecule has 2 atom stereocenters. The van der Waals surface area contributed by atoms with Gasteiger partial charge in [-0.3, -0.25) is 9.80 Å². The molecule has 2 rings (SSSR count). The Labute approximate surface area is 119 Å². The summed E-state index contributed by atoms with van der Waals surface area (Å²) in [7, 11) is 2.26. The Morgan fingerprint density at radius 1 is 0.947 bits per heavy atom. The molecule has 0 amide bonds. The average molecular weight is 268 g/mol. The van der Waals surface area contributed by atoms with Crippen molar-refractivity contribution in [2.45, 2.75) is 51.9 Å². The highest BCUT2D eigenvalue weighted by Gasteiger charge is 2.35. The van der Waals surface area contributed by atoms with Crippen molar-refractivity contribution in [1.82, 2.24) is 20.0 Å². The van der Waals surface area contributed by atoms with E-state index in [2.05, 4.69) is 54.8 Å². The molecule has 1 N–H and O–H groups in total. The molecular weight excluding hydrogens is 236 g/mol. The fourth-order valence-corrected chi connectivity index (χ4v) is 3.50. The number of hydrogen-bond donors (Lipinski definition) is 1. The molecule has 4 heteroatoms. The first-order chi connectivity index (χ1) is 8.99. The van der Waals surface area contributed by atoms with Crippen LogP contribution in [0, 0.1) is 0 Å². The highest BCUT2D eigenvalue weighted by Crippen LogP contribution is 2.18. The number of hydrogen-bond acceptors (Lipinski definition) is 4. The Kier molecular flexibility index (Phi) is 5.23. The monoisotopic (exact) mass is 268 g/mol. The molecule has 0 saturated carbocycles. The van der Waals surface area contributed by atoms with Gasteiger partial charge in [-0.1, -0.05) is 0 Å². The molecule has 0 aromatic rings. The summed E-state index contributed by atoms with van der Waals surface area (Å²) in [5.74, 6) is 0. The van der Waals surface area contributed by atoms with Crippen LogP contribution in [0.2, 0.25) is 0 Å². The van der Waals surface area contributed by atoms with E-state index in [-0.39, 0.29) is 0 Å². The van der Waals surface area contributed by atoms with Gasteiger partial charge < -0.3 is 10.2 Å². The maximum Gasteiger partial charge on any atom is 0.0392 e. The first kappa shape index (κ1) is 15.2. The standard InChI is InChI=1S/C15H32N4/c1-12(2)18-7-6-16-14(10-18)15-11-17(5)8-9-19(15)13(3)4/h12-16H,6-11H2,1-5H3. The predicted molar refractivity (Wildman–Crippen MR) is 81.6 cm³/mol. The largest absolute Gasteiger partial charge is 0.310 e. The molecule has 0 aromatic heterocycles. The van der Waals surface area contributed by atoms with Gasteiger partial charge in [-0.05, 0) is 34.7 Å². The van der Waals surface area contributed by atoms with Crippen molar-refractivity contribution in [3.8, 4) is 0 Å². The van der Waals surface area contributed by atoms with E-state index in [9.17, 15) is 0 Å². The Morgan fingerprint density at radius 3 is 2.32 bits per heavy atom. The minimum atomic E-state index is 0.612. The van der Waals surface area contributed by atoms with Crippen LogP contribution >= 0.6 is 0 Å². The van der Waals surface area contributed by atoms with Gasteiger partial charge in [0.25, 0.3) is 0 Å². The lowest BCUT2D eigenvalue weighted by atomic mass is 9.99. The molecule has 19 heavy (non-hydrogen) atoms. The van der Waals surface area contributed by atoms with E-state index in [0.717, 1.165) is 6.54 Å². The van der Waals surface area contributed by atoms with Gasteiger partial charge in [-0.25, -0.2) is 0 Å². The molecular formula is C15H32N4. The Hall–Kier alpha value is -0.160. The van der Waals surface area contributed by atoms with Crippen LogP contribution in [-0.2, 0) is 0 Å². The molecule has 4 nitrogen and oxygen atoms in total. The summed E-state index contributed by atoms with van der Waals surface area (Å²) in [6, 6.07) is 2.58. The summed E-state index contributed by atoms with van der Waals surface area (Å²) >= 11 is 0. The Balaban J connectivity index is 2.03. The van der Waals surface area contributed by atoms with E-state index >= 15 is 0 Å². The zero-order valence-corrected chi connectivity index (χ0v) is 13.4. The summed E-state index contributed by atoms with van der Waals surface area (Å²) in [5, 5.41) is 3.77. The highest BCUT2D eigenvalue weighted by molar-refractivity contribution is 4.95. The number of nitrogens with zero attached hydrogens (tertiary/aromatic N) is 3. The van der Waals surface area contributed by atoms with E-state index in [1.807, 2.05) is 0 Å². The molecule has 0 radical (unpaired) electrons. The van der Waals surface area contributed by atoms with Gasteiger partial charge in [0.2, 0.25) is 0 Å². The van der Waals surface area contributed by atoms with Crippen molar-refractivity contribution in [1.29, 1.82) is 0 Å². The van der Waals surface area contributed by atoms with Crippen molar-refractivity contribution in [2.75, 3.05) is 46.3 Å². The maximum absolute atomic E-state index is 3.77. The molecule has 2 saturated heterocycles. The van der Waals surface area contributed by atoms with E-state index in [1.165, 1.54) is 32.7 Å². The van der Waals surface area contributed by atoms with Gasteiger partial charge in [-0.2, -0.15) is 0 Å². The zero-order valence-electron chi connectivity index (χ0n) is 13.4. The van der Waals surface area contributed by atoms with Gasteiger partial charge in [0.15, 0.2) is 0 Å². The van der Waals surface area contributed by atoms with Gasteiger partial charge in [-0.15, -0.1) is 0 Å².